The molecule has 0 aliphatic carbocycles. The number of aromatic hydroxyl groups is 1. The van der Waals surface area contributed by atoms with Gasteiger partial charge in [-0.3, -0.25) is 0 Å². The molecule has 0 radical (unpaired) electrons. The summed E-state index contributed by atoms with van der Waals surface area (Å²) >= 11 is 3.12. The molecule has 1 aromatic heterocycles. The van der Waals surface area contributed by atoms with Crippen LogP contribution < -0.4 is 0 Å². The van der Waals surface area contributed by atoms with E-state index in [2.05, 4.69) is 20.9 Å². The molecule has 5 heteroatoms. The summed E-state index contributed by atoms with van der Waals surface area (Å²) in [6.07, 6.45) is 1.38. The van der Waals surface area contributed by atoms with E-state index in [1.807, 2.05) is 0 Å². The summed E-state index contributed by atoms with van der Waals surface area (Å²) in [6, 6.07) is 3.24. The van der Waals surface area contributed by atoms with Crippen molar-refractivity contribution in [3.63, 3.8) is 0 Å². The average Bonchev–Trinajstić information content (AvgIpc) is 2.00. The lowest BCUT2D eigenvalue weighted by molar-refractivity contribution is 0.472. The predicted molar refractivity (Wildman–Crippen MR) is 37.1 cm³/mol. The van der Waals surface area contributed by atoms with Gasteiger partial charge in [-0.25, -0.2) is 4.98 Å². The second-order valence-corrected chi connectivity index (χ2v) is 2.15. The average molecular weight is 202 g/mol. The SMILES string of the molecule is N#N.Oc1ccc(Br)nc1. The fourth-order valence-electron chi connectivity index (χ4n) is 0.368. The van der Waals surface area contributed by atoms with Crippen LogP contribution in [0.15, 0.2) is 22.9 Å². The van der Waals surface area contributed by atoms with Crippen LogP contribution in [0.25, 0.3) is 0 Å². The van der Waals surface area contributed by atoms with Gasteiger partial charge >= 0.3 is 0 Å². The van der Waals surface area contributed by atoms with Crippen LogP contribution in [-0.4, -0.2) is 10.1 Å². The first-order valence-corrected chi connectivity index (χ1v) is 3.09. The number of halogens is 1. The third-order valence-electron chi connectivity index (χ3n) is 0.712. The molecular formula is C5H4BrN3O. The number of hydrogen-bond acceptors (Lipinski definition) is 4. The highest BCUT2D eigenvalue weighted by atomic mass is 79.9. The molecular weight excluding hydrogens is 198 g/mol. The Kier molecular flexibility index (Phi) is 4.16. The molecule has 1 heterocycles. The highest BCUT2D eigenvalue weighted by Crippen LogP contribution is 2.09. The molecule has 0 atom stereocenters. The van der Waals surface area contributed by atoms with E-state index in [0.717, 1.165) is 4.60 Å². The number of aromatic nitrogens is 1. The van der Waals surface area contributed by atoms with E-state index in [4.69, 9.17) is 15.9 Å². The lowest BCUT2D eigenvalue weighted by Crippen LogP contribution is -1.70. The van der Waals surface area contributed by atoms with Gasteiger partial charge in [0.1, 0.15) is 10.4 Å². The molecule has 4 nitrogen and oxygen atoms in total. The van der Waals surface area contributed by atoms with Gasteiger partial charge in [0.2, 0.25) is 0 Å². The van der Waals surface area contributed by atoms with Gasteiger partial charge in [0, 0.05) is 10.8 Å². The molecule has 0 aliphatic heterocycles. The molecule has 52 valence electrons. The molecule has 0 fully saturated rings. The van der Waals surface area contributed by atoms with Crippen molar-refractivity contribution in [1.82, 2.24) is 4.98 Å². The Morgan fingerprint density at radius 1 is 1.40 bits per heavy atom. The van der Waals surface area contributed by atoms with E-state index in [-0.39, 0.29) is 5.75 Å². The van der Waals surface area contributed by atoms with E-state index in [0.29, 0.717) is 0 Å². The third kappa shape index (κ3) is 2.99. The summed E-state index contributed by atoms with van der Waals surface area (Å²) < 4.78 is 0.732. The first kappa shape index (κ1) is 8.85. The van der Waals surface area contributed by atoms with Gasteiger partial charge in [0.15, 0.2) is 0 Å². The molecule has 0 saturated carbocycles. The molecule has 10 heavy (non-hydrogen) atoms. The Bertz CT molecular complexity index is 187. The van der Waals surface area contributed by atoms with Gasteiger partial charge in [-0.05, 0) is 28.1 Å². The van der Waals surface area contributed by atoms with Crippen molar-refractivity contribution in [2.75, 3.05) is 0 Å². The smallest absolute Gasteiger partial charge is 0.133 e. The standard InChI is InChI=1S/C5H4BrNO.N2/c6-5-2-1-4(8)3-7-5;1-2/h1-3,8H;. The molecule has 0 saturated heterocycles. The van der Waals surface area contributed by atoms with Crippen molar-refractivity contribution in [1.29, 1.82) is 10.8 Å². The van der Waals surface area contributed by atoms with Gasteiger partial charge in [-0.15, -0.1) is 0 Å². The van der Waals surface area contributed by atoms with E-state index < -0.39 is 0 Å². The van der Waals surface area contributed by atoms with Gasteiger partial charge in [0.05, 0.1) is 6.20 Å². The van der Waals surface area contributed by atoms with Gasteiger partial charge in [-0.1, -0.05) is 0 Å². The zero-order chi connectivity index (χ0) is 7.98. The van der Waals surface area contributed by atoms with Gasteiger partial charge in [-0.2, -0.15) is 0 Å². The van der Waals surface area contributed by atoms with E-state index in [1.54, 1.807) is 12.1 Å². The van der Waals surface area contributed by atoms with Crippen molar-refractivity contribution < 1.29 is 5.11 Å². The Hall–Kier alpha value is -1.15. The molecule has 0 amide bonds. The molecule has 1 rings (SSSR count). The molecule has 0 aliphatic rings. The largest absolute Gasteiger partial charge is 0.506 e. The molecule has 0 bridgehead atoms. The van der Waals surface area contributed by atoms with E-state index >= 15 is 0 Å². The fraction of sp³-hybridized carbons (Fsp3) is 0. The first-order chi connectivity index (χ1) is 4.79. The van der Waals surface area contributed by atoms with E-state index in [1.165, 1.54) is 6.20 Å². The van der Waals surface area contributed by atoms with Crippen LogP contribution in [0.3, 0.4) is 0 Å². The molecule has 1 aromatic rings. The maximum atomic E-state index is 8.67. The summed E-state index contributed by atoms with van der Waals surface area (Å²) in [4.78, 5) is 3.75. The summed E-state index contributed by atoms with van der Waals surface area (Å²) in [6.45, 7) is 0. The van der Waals surface area contributed by atoms with Crippen LogP contribution in [0.4, 0.5) is 0 Å². The Morgan fingerprint density at radius 3 is 2.30 bits per heavy atom. The van der Waals surface area contributed by atoms with Crippen LogP contribution in [0.2, 0.25) is 0 Å². The Labute approximate surface area is 66.1 Å². The van der Waals surface area contributed by atoms with Crippen molar-refractivity contribution in [3.05, 3.63) is 22.9 Å². The molecule has 0 aromatic carbocycles. The van der Waals surface area contributed by atoms with Crippen LogP contribution in [0.5, 0.6) is 5.75 Å². The zero-order valence-electron chi connectivity index (χ0n) is 4.90. The third-order valence-corrected chi connectivity index (χ3v) is 1.18. The van der Waals surface area contributed by atoms with Crippen molar-refractivity contribution >= 4 is 15.9 Å². The zero-order valence-corrected chi connectivity index (χ0v) is 6.48. The lowest BCUT2D eigenvalue weighted by Gasteiger charge is -1.87. The normalized spacial score (nSPS) is 7.50. The Morgan fingerprint density at radius 2 is 2.00 bits per heavy atom. The second-order valence-electron chi connectivity index (χ2n) is 1.34. The maximum absolute atomic E-state index is 8.67. The van der Waals surface area contributed by atoms with Crippen LogP contribution in [0, 0.1) is 10.8 Å². The van der Waals surface area contributed by atoms with Gasteiger partial charge < -0.3 is 5.11 Å². The highest BCUT2D eigenvalue weighted by Gasteiger charge is 1.85. The fourth-order valence-corrected chi connectivity index (χ4v) is 0.603. The number of nitrogens with zero attached hydrogens (tertiary/aromatic N) is 3. The topological polar surface area (TPSA) is 80.7 Å². The molecule has 1 N–H and O–H groups in total. The van der Waals surface area contributed by atoms with Crippen LogP contribution in [0.1, 0.15) is 0 Å². The minimum absolute atomic E-state index is 0.188. The summed E-state index contributed by atoms with van der Waals surface area (Å²) in [5.74, 6) is 0.188. The Balaban J connectivity index is 0.000000371. The lowest BCUT2D eigenvalue weighted by atomic mass is 10.5. The van der Waals surface area contributed by atoms with Crippen LogP contribution in [-0.2, 0) is 0 Å². The van der Waals surface area contributed by atoms with Crippen LogP contribution >= 0.6 is 15.9 Å². The quantitative estimate of drug-likeness (QED) is 0.511. The summed E-state index contributed by atoms with van der Waals surface area (Å²) in [7, 11) is 0. The highest BCUT2D eigenvalue weighted by molar-refractivity contribution is 9.10. The van der Waals surface area contributed by atoms with Gasteiger partial charge in [0.25, 0.3) is 0 Å². The van der Waals surface area contributed by atoms with Crippen molar-refractivity contribution in [2.24, 2.45) is 0 Å². The number of hydrogen-bond donors (Lipinski definition) is 1. The first-order valence-electron chi connectivity index (χ1n) is 2.29. The monoisotopic (exact) mass is 201 g/mol. The molecule has 0 unspecified atom stereocenters. The van der Waals surface area contributed by atoms with Crippen molar-refractivity contribution in [3.8, 4) is 5.75 Å². The van der Waals surface area contributed by atoms with E-state index in [9.17, 15) is 0 Å². The number of rotatable bonds is 0. The summed E-state index contributed by atoms with van der Waals surface area (Å²) in [5.41, 5.74) is 0. The summed E-state index contributed by atoms with van der Waals surface area (Å²) in [5, 5.41) is 20.7. The predicted octanol–water partition coefficient (Wildman–Crippen LogP) is 1.58. The molecule has 0 spiro atoms. The minimum Gasteiger partial charge on any atom is -0.506 e. The maximum Gasteiger partial charge on any atom is 0.133 e. The van der Waals surface area contributed by atoms with Crippen molar-refractivity contribution in [2.45, 2.75) is 0 Å². The number of pyridine rings is 1. The minimum atomic E-state index is 0.188. The second kappa shape index (κ2) is 4.70.